The molecule has 0 radical (unpaired) electrons. The van der Waals surface area contributed by atoms with Crippen LogP contribution in [0.15, 0.2) is 12.3 Å². The van der Waals surface area contributed by atoms with E-state index in [1.807, 2.05) is 0 Å². The van der Waals surface area contributed by atoms with Crippen LogP contribution in [0.3, 0.4) is 0 Å². The fourth-order valence-electron chi connectivity index (χ4n) is 2.82. The predicted molar refractivity (Wildman–Crippen MR) is 96.2 cm³/mol. The summed E-state index contributed by atoms with van der Waals surface area (Å²) in [5, 5.41) is 3.57. The largest absolute Gasteiger partial charge is 0.365 e. The number of thiophene rings is 1. The van der Waals surface area contributed by atoms with Crippen molar-refractivity contribution in [2.75, 3.05) is 5.32 Å². The minimum absolute atomic E-state index is 0.131. The number of anilines is 1. The van der Waals surface area contributed by atoms with Gasteiger partial charge in [-0.2, -0.15) is 0 Å². The maximum Gasteiger partial charge on any atom is 0.257 e. The molecule has 1 aliphatic rings. The van der Waals surface area contributed by atoms with Crippen molar-refractivity contribution >= 4 is 51.4 Å². The number of fused-ring (bicyclic) bond motifs is 1. The van der Waals surface area contributed by atoms with Gasteiger partial charge in [-0.1, -0.05) is 30.1 Å². The second kappa shape index (κ2) is 6.70. The average Bonchev–Trinajstić information content (AvgIpc) is 2.86. The molecule has 0 saturated heterocycles. The van der Waals surface area contributed by atoms with E-state index in [4.69, 9.17) is 28.9 Å². The number of rotatable bonds is 3. The fourth-order valence-corrected chi connectivity index (χ4v) is 4.50. The summed E-state index contributed by atoms with van der Waals surface area (Å²) in [4.78, 5) is 29.3. The number of hydrogen-bond acceptors (Lipinski definition) is 4. The molecule has 0 fully saturated rings. The lowest BCUT2D eigenvalue weighted by Crippen LogP contribution is -2.19. The molecule has 3 rings (SSSR count). The van der Waals surface area contributed by atoms with Crippen LogP contribution in [-0.2, 0) is 12.8 Å². The highest BCUT2D eigenvalue weighted by Gasteiger charge is 2.27. The zero-order valence-corrected chi connectivity index (χ0v) is 15.2. The van der Waals surface area contributed by atoms with Gasteiger partial charge in [0, 0.05) is 11.1 Å². The molecule has 24 heavy (non-hydrogen) atoms. The maximum atomic E-state index is 12.4. The van der Waals surface area contributed by atoms with E-state index in [1.54, 1.807) is 0 Å². The zero-order valence-electron chi connectivity index (χ0n) is 12.9. The van der Waals surface area contributed by atoms with Crippen molar-refractivity contribution in [2.24, 2.45) is 11.7 Å². The molecule has 5 nitrogen and oxygen atoms in total. The first-order valence-corrected chi connectivity index (χ1v) is 9.00. The molecule has 0 bridgehead atoms. The van der Waals surface area contributed by atoms with Crippen LogP contribution >= 0.6 is 34.5 Å². The van der Waals surface area contributed by atoms with Crippen molar-refractivity contribution < 1.29 is 9.59 Å². The van der Waals surface area contributed by atoms with Gasteiger partial charge in [0.2, 0.25) is 0 Å². The zero-order chi connectivity index (χ0) is 17.4. The molecular formula is C16H15Cl2N3O2S. The second-order valence-corrected chi connectivity index (χ2v) is 7.74. The minimum Gasteiger partial charge on any atom is -0.365 e. The van der Waals surface area contributed by atoms with E-state index >= 15 is 0 Å². The van der Waals surface area contributed by atoms with Crippen LogP contribution in [0, 0.1) is 5.92 Å². The molecule has 3 N–H and O–H groups in total. The Balaban J connectivity index is 1.93. The predicted octanol–water partition coefficient (Wildman–Crippen LogP) is 3.93. The Morgan fingerprint density at radius 1 is 1.42 bits per heavy atom. The molecule has 8 heteroatoms. The quantitative estimate of drug-likeness (QED) is 0.787. The van der Waals surface area contributed by atoms with Crippen molar-refractivity contribution in [1.29, 1.82) is 0 Å². The Morgan fingerprint density at radius 2 is 2.17 bits per heavy atom. The summed E-state index contributed by atoms with van der Waals surface area (Å²) in [5.74, 6) is -0.375. The van der Waals surface area contributed by atoms with E-state index in [2.05, 4.69) is 17.2 Å². The number of hydrogen-bond donors (Lipinski definition) is 2. The maximum absolute atomic E-state index is 12.4. The molecule has 0 unspecified atom stereocenters. The van der Waals surface area contributed by atoms with Gasteiger partial charge in [0.15, 0.2) is 0 Å². The number of primary amides is 1. The Hall–Kier alpha value is -1.63. The van der Waals surface area contributed by atoms with Gasteiger partial charge >= 0.3 is 0 Å². The Bertz CT molecular complexity index is 835. The summed E-state index contributed by atoms with van der Waals surface area (Å²) in [6, 6.07) is 1.44. The van der Waals surface area contributed by atoms with Crippen LogP contribution in [0.25, 0.3) is 0 Å². The number of nitrogens with zero attached hydrogens (tertiary/aromatic N) is 1. The highest BCUT2D eigenvalue weighted by Crippen LogP contribution is 2.39. The summed E-state index contributed by atoms with van der Waals surface area (Å²) in [6.07, 6.45) is 4.04. The number of carbonyl (C=O) groups excluding carboxylic acids is 2. The molecule has 0 saturated carbocycles. The number of carbonyl (C=O) groups is 2. The summed E-state index contributed by atoms with van der Waals surface area (Å²) >= 11 is 13.1. The van der Waals surface area contributed by atoms with Gasteiger partial charge in [0.05, 0.1) is 16.1 Å². The van der Waals surface area contributed by atoms with Crippen molar-refractivity contribution in [3.05, 3.63) is 44.0 Å². The van der Waals surface area contributed by atoms with Crippen LogP contribution in [-0.4, -0.2) is 16.8 Å². The molecule has 0 aliphatic heterocycles. The highest BCUT2D eigenvalue weighted by atomic mass is 35.5. The Morgan fingerprint density at radius 3 is 2.83 bits per heavy atom. The lowest BCUT2D eigenvalue weighted by molar-refractivity contribution is 0.1000. The first kappa shape index (κ1) is 17.2. The number of pyridine rings is 1. The van der Waals surface area contributed by atoms with Crippen LogP contribution in [0.1, 0.15) is 44.5 Å². The first-order chi connectivity index (χ1) is 11.4. The van der Waals surface area contributed by atoms with Crippen LogP contribution < -0.4 is 11.1 Å². The third-order valence-electron chi connectivity index (χ3n) is 4.04. The van der Waals surface area contributed by atoms with E-state index < -0.39 is 11.8 Å². The second-order valence-electron chi connectivity index (χ2n) is 5.87. The van der Waals surface area contributed by atoms with Crippen molar-refractivity contribution in [3.63, 3.8) is 0 Å². The van der Waals surface area contributed by atoms with Crippen LogP contribution in [0.2, 0.25) is 10.2 Å². The normalized spacial score (nSPS) is 16.5. The summed E-state index contributed by atoms with van der Waals surface area (Å²) < 4.78 is 0. The monoisotopic (exact) mass is 383 g/mol. The molecule has 1 atom stereocenters. The van der Waals surface area contributed by atoms with Crippen molar-refractivity contribution in [1.82, 2.24) is 4.98 Å². The molecule has 2 aromatic rings. The average molecular weight is 384 g/mol. The molecule has 126 valence electrons. The van der Waals surface area contributed by atoms with Crippen LogP contribution in [0.4, 0.5) is 5.00 Å². The third kappa shape index (κ3) is 3.27. The summed E-state index contributed by atoms with van der Waals surface area (Å²) in [5.41, 5.74) is 7.19. The third-order valence-corrected chi connectivity index (χ3v) is 5.90. The van der Waals surface area contributed by atoms with E-state index in [0.29, 0.717) is 16.5 Å². The Labute approximate surface area is 153 Å². The standard InChI is InChI=1S/C16H15Cl2N3O2S/c1-7-2-3-9-11(4-7)24-16(12(9)14(19)22)21-15(23)8-5-10(17)13(18)20-6-8/h5-7H,2-4H2,1H3,(H2,19,22)(H,21,23)/t7-/m1/s1. The van der Waals surface area contributed by atoms with Gasteiger partial charge in [0.1, 0.15) is 10.2 Å². The van der Waals surface area contributed by atoms with Gasteiger partial charge < -0.3 is 11.1 Å². The van der Waals surface area contributed by atoms with E-state index in [-0.39, 0.29) is 15.7 Å². The molecule has 0 spiro atoms. The first-order valence-electron chi connectivity index (χ1n) is 7.43. The molecular weight excluding hydrogens is 369 g/mol. The molecule has 2 aromatic heterocycles. The van der Waals surface area contributed by atoms with E-state index in [0.717, 1.165) is 29.7 Å². The smallest absolute Gasteiger partial charge is 0.257 e. The number of amides is 2. The van der Waals surface area contributed by atoms with Gasteiger partial charge in [-0.3, -0.25) is 9.59 Å². The topological polar surface area (TPSA) is 85.1 Å². The van der Waals surface area contributed by atoms with E-state index in [9.17, 15) is 9.59 Å². The fraction of sp³-hybridized carbons (Fsp3) is 0.312. The Kier molecular flexibility index (Phi) is 4.80. The number of nitrogens with two attached hydrogens (primary N) is 1. The molecule has 1 aliphatic carbocycles. The van der Waals surface area contributed by atoms with Crippen LogP contribution in [0.5, 0.6) is 0 Å². The van der Waals surface area contributed by atoms with E-state index in [1.165, 1.54) is 23.6 Å². The van der Waals surface area contributed by atoms with Gasteiger partial charge in [-0.05, 0) is 36.8 Å². The number of aromatic nitrogens is 1. The van der Waals surface area contributed by atoms with Crippen molar-refractivity contribution in [3.8, 4) is 0 Å². The molecule has 2 amide bonds. The van der Waals surface area contributed by atoms with Gasteiger partial charge in [0.25, 0.3) is 11.8 Å². The summed E-state index contributed by atoms with van der Waals surface area (Å²) in [6.45, 7) is 2.17. The van der Waals surface area contributed by atoms with Crippen molar-refractivity contribution in [2.45, 2.75) is 26.2 Å². The highest BCUT2D eigenvalue weighted by molar-refractivity contribution is 7.17. The lowest BCUT2D eigenvalue weighted by atomic mass is 9.88. The molecule has 2 heterocycles. The molecule has 0 aromatic carbocycles. The lowest BCUT2D eigenvalue weighted by Gasteiger charge is -2.18. The SMILES string of the molecule is C[C@@H]1CCc2c(sc(NC(=O)c3cnc(Cl)c(Cl)c3)c2C(N)=O)C1. The number of halogens is 2. The van der Waals surface area contributed by atoms with Gasteiger partial charge in [-0.15, -0.1) is 11.3 Å². The minimum atomic E-state index is -0.524. The summed E-state index contributed by atoms with van der Waals surface area (Å²) in [7, 11) is 0. The van der Waals surface area contributed by atoms with Gasteiger partial charge in [-0.25, -0.2) is 4.98 Å². The number of nitrogens with one attached hydrogen (secondary N) is 1.